The van der Waals surface area contributed by atoms with Crippen LogP contribution < -0.4 is 14.4 Å². The van der Waals surface area contributed by atoms with Crippen LogP contribution in [-0.2, 0) is 4.79 Å². The number of hydrogen-bond donors (Lipinski definition) is 0. The van der Waals surface area contributed by atoms with Crippen molar-refractivity contribution in [2.75, 3.05) is 51.6 Å². The molecule has 1 amide bonds. The molecule has 0 N–H and O–H groups in total. The quantitative estimate of drug-likeness (QED) is 0.385. The standard InChI is InChI=1S/C23H29N3O3S2/c1-5-29-19-7-6-8-20-22(19)24-23(31-20)26(15-14-25(2)3)21(27)13-16-30-18-11-9-17(28-4)10-12-18/h6-12H,5,13-16H2,1-4H3. The first kappa shape index (κ1) is 23.4. The molecule has 0 aliphatic rings. The zero-order chi connectivity index (χ0) is 22.2. The Morgan fingerprint density at radius 1 is 1.13 bits per heavy atom. The Morgan fingerprint density at radius 2 is 1.90 bits per heavy atom. The lowest BCUT2D eigenvalue weighted by Gasteiger charge is -2.22. The number of likely N-dealkylation sites (N-methyl/N-ethyl adjacent to an activating group) is 1. The zero-order valence-corrected chi connectivity index (χ0v) is 20.1. The van der Waals surface area contributed by atoms with Crippen molar-refractivity contribution in [3.05, 3.63) is 42.5 Å². The van der Waals surface area contributed by atoms with E-state index in [1.165, 1.54) is 11.3 Å². The third-order valence-electron chi connectivity index (χ3n) is 4.62. The number of hydrogen-bond acceptors (Lipinski definition) is 7. The van der Waals surface area contributed by atoms with E-state index in [2.05, 4.69) is 4.90 Å². The molecule has 0 aliphatic carbocycles. The molecule has 0 spiro atoms. The van der Waals surface area contributed by atoms with Crippen LogP contribution >= 0.6 is 23.1 Å². The summed E-state index contributed by atoms with van der Waals surface area (Å²) < 4.78 is 11.9. The topological polar surface area (TPSA) is 54.9 Å². The fourth-order valence-corrected chi connectivity index (χ4v) is 4.86. The van der Waals surface area contributed by atoms with Crippen LogP contribution in [0.3, 0.4) is 0 Å². The first-order valence-electron chi connectivity index (χ1n) is 10.3. The Morgan fingerprint density at radius 3 is 2.58 bits per heavy atom. The number of para-hydroxylation sites is 1. The molecule has 1 heterocycles. The van der Waals surface area contributed by atoms with E-state index in [4.69, 9.17) is 14.5 Å². The molecule has 0 aliphatic heterocycles. The van der Waals surface area contributed by atoms with Crippen molar-refractivity contribution in [3.63, 3.8) is 0 Å². The number of thiazole rings is 1. The summed E-state index contributed by atoms with van der Waals surface area (Å²) in [6, 6.07) is 13.8. The predicted octanol–water partition coefficient (Wildman–Crippen LogP) is 4.78. The molecular formula is C23H29N3O3S2. The SMILES string of the molecule is CCOc1cccc2sc(N(CCN(C)C)C(=O)CCSc3ccc(OC)cc3)nc12. The highest BCUT2D eigenvalue weighted by Crippen LogP contribution is 2.34. The predicted molar refractivity (Wildman–Crippen MR) is 130 cm³/mol. The summed E-state index contributed by atoms with van der Waals surface area (Å²) in [4.78, 5) is 22.9. The Balaban J connectivity index is 1.72. The van der Waals surface area contributed by atoms with E-state index in [0.29, 0.717) is 25.3 Å². The molecule has 0 unspecified atom stereocenters. The van der Waals surface area contributed by atoms with Crippen LogP contribution in [-0.4, -0.2) is 62.4 Å². The maximum absolute atomic E-state index is 13.1. The lowest BCUT2D eigenvalue weighted by molar-refractivity contribution is -0.118. The molecule has 2 aromatic carbocycles. The number of rotatable bonds is 11. The highest BCUT2D eigenvalue weighted by Gasteiger charge is 2.21. The largest absolute Gasteiger partial charge is 0.497 e. The molecule has 3 rings (SSSR count). The third kappa shape index (κ3) is 6.35. The van der Waals surface area contributed by atoms with Crippen LogP contribution in [0.25, 0.3) is 10.2 Å². The van der Waals surface area contributed by atoms with E-state index in [1.807, 2.05) is 68.4 Å². The van der Waals surface area contributed by atoms with Crippen molar-refractivity contribution in [2.24, 2.45) is 0 Å². The second-order valence-electron chi connectivity index (χ2n) is 7.15. The van der Waals surface area contributed by atoms with Crippen LogP contribution in [0.4, 0.5) is 5.13 Å². The maximum atomic E-state index is 13.1. The second kappa shape index (κ2) is 11.4. The smallest absolute Gasteiger partial charge is 0.229 e. The minimum atomic E-state index is 0.0832. The van der Waals surface area contributed by atoms with Gasteiger partial charge in [-0.1, -0.05) is 17.4 Å². The molecule has 8 heteroatoms. The van der Waals surface area contributed by atoms with E-state index in [-0.39, 0.29) is 5.91 Å². The molecule has 0 bridgehead atoms. The number of aromatic nitrogens is 1. The van der Waals surface area contributed by atoms with Crippen molar-refractivity contribution in [2.45, 2.75) is 18.2 Å². The molecule has 166 valence electrons. The fraction of sp³-hybridized carbons (Fsp3) is 0.391. The minimum Gasteiger partial charge on any atom is -0.497 e. The summed E-state index contributed by atoms with van der Waals surface area (Å²) in [7, 11) is 5.67. The Bertz CT molecular complexity index is 989. The van der Waals surface area contributed by atoms with E-state index >= 15 is 0 Å². The molecule has 0 saturated carbocycles. The Hall–Kier alpha value is -2.29. The van der Waals surface area contributed by atoms with Gasteiger partial charge in [0, 0.05) is 30.2 Å². The van der Waals surface area contributed by atoms with Gasteiger partial charge in [-0.05, 0) is 57.4 Å². The zero-order valence-electron chi connectivity index (χ0n) is 18.5. The summed E-state index contributed by atoms with van der Waals surface area (Å²) in [6.07, 6.45) is 0.443. The number of carbonyl (C=O) groups is 1. The number of benzene rings is 2. The summed E-state index contributed by atoms with van der Waals surface area (Å²) in [5.74, 6) is 2.38. The highest BCUT2D eigenvalue weighted by molar-refractivity contribution is 7.99. The van der Waals surface area contributed by atoms with Crippen LogP contribution in [0.2, 0.25) is 0 Å². The van der Waals surface area contributed by atoms with Crippen molar-refractivity contribution < 1.29 is 14.3 Å². The summed E-state index contributed by atoms with van der Waals surface area (Å²) in [5.41, 5.74) is 0.819. The molecule has 0 saturated heterocycles. The average Bonchev–Trinajstić information content (AvgIpc) is 3.19. The number of carbonyl (C=O) groups excluding carboxylic acids is 1. The van der Waals surface area contributed by atoms with E-state index in [9.17, 15) is 4.79 Å². The molecule has 6 nitrogen and oxygen atoms in total. The minimum absolute atomic E-state index is 0.0832. The van der Waals surface area contributed by atoms with Gasteiger partial charge >= 0.3 is 0 Å². The first-order valence-corrected chi connectivity index (χ1v) is 12.1. The highest BCUT2D eigenvalue weighted by atomic mass is 32.2. The van der Waals surface area contributed by atoms with Gasteiger partial charge in [-0.3, -0.25) is 9.69 Å². The molecule has 1 aromatic heterocycles. The van der Waals surface area contributed by atoms with Gasteiger partial charge in [0.05, 0.1) is 18.4 Å². The van der Waals surface area contributed by atoms with E-state index in [0.717, 1.165) is 38.3 Å². The monoisotopic (exact) mass is 459 g/mol. The number of anilines is 1. The number of methoxy groups -OCH3 is 1. The molecule has 3 aromatic rings. The van der Waals surface area contributed by atoms with Crippen molar-refractivity contribution >= 4 is 44.4 Å². The normalized spacial score (nSPS) is 11.1. The van der Waals surface area contributed by atoms with Gasteiger partial charge in [-0.25, -0.2) is 4.98 Å². The van der Waals surface area contributed by atoms with Crippen LogP contribution in [0.1, 0.15) is 13.3 Å². The number of nitrogens with zero attached hydrogens (tertiary/aromatic N) is 3. The second-order valence-corrected chi connectivity index (χ2v) is 9.33. The average molecular weight is 460 g/mol. The number of amides is 1. The number of ether oxygens (including phenoxy) is 2. The molecule has 31 heavy (non-hydrogen) atoms. The van der Waals surface area contributed by atoms with Crippen molar-refractivity contribution in [3.8, 4) is 11.5 Å². The number of thioether (sulfide) groups is 1. The van der Waals surface area contributed by atoms with Crippen molar-refractivity contribution in [1.82, 2.24) is 9.88 Å². The molecule has 0 atom stereocenters. The maximum Gasteiger partial charge on any atom is 0.229 e. The molecular weight excluding hydrogens is 430 g/mol. The Kier molecular flexibility index (Phi) is 8.57. The van der Waals surface area contributed by atoms with Gasteiger partial charge in [0.2, 0.25) is 5.91 Å². The van der Waals surface area contributed by atoms with Gasteiger partial charge in [0.1, 0.15) is 17.0 Å². The van der Waals surface area contributed by atoms with Crippen LogP contribution in [0, 0.1) is 0 Å². The fourth-order valence-electron chi connectivity index (χ4n) is 2.99. The van der Waals surface area contributed by atoms with E-state index in [1.54, 1.807) is 18.9 Å². The lowest BCUT2D eigenvalue weighted by Crippen LogP contribution is -2.36. The van der Waals surface area contributed by atoms with Crippen molar-refractivity contribution in [1.29, 1.82) is 0 Å². The Labute approximate surface area is 192 Å². The van der Waals surface area contributed by atoms with Gasteiger partial charge < -0.3 is 14.4 Å². The third-order valence-corrected chi connectivity index (χ3v) is 6.67. The van der Waals surface area contributed by atoms with Crippen LogP contribution in [0.5, 0.6) is 11.5 Å². The lowest BCUT2D eigenvalue weighted by atomic mass is 10.3. The molecule has 0 fully saturated rings. The van der Waals surface area contributed by atoms with Gasteiger partial charge in [-0.2, -0.15) is 0 Å². The summed E-state index contributed by atoms with van der Waals surface area (Å²) in [6.45, 7) is 3.91. The van der Waals surface area contributed by atoms with Crippen LogP contribution in [0.15, 0.2) is 47.4 Å². The first-order chi connectivity index (χ1) is 15.0. The summed E-state index contributed by atoms with van der Waals surface area (Å²) >= 11 is 3.20. The van der Waals surface area contributed by atoms with Gasteiger partial charge in [0.15, 0.2) is 5.13 Å². The summed E-state index contributed by atoms with van der Waals surface area (Å²) in [5, 5.41) is 0.725. The van der Waals surface area contributed by atoms with E-state index < -0.39 is 0 Å². The van der Waals surface area contributed by atoms with Gasteiger partial charge in [-0.15, -0.1) is 11.8 Å². The van der Waals surface area contributed by atoms with Gasteiger partial charge in [0.25, 0.3) is 0 Å². The number of fused-ring (bicyclic) bond motifs is 1. The molecule has 0 radical (unpaired) electrons.